The summed E-state index contributed by atoms with van der Waals surface area (Å²) in [6.45, 7) is 10.2. The Kier molecular flexibility index (Phi) is 7.76. The molecule has 1 aliphatic rings. The van der Waals surface area contributed by atoms with Gasteiger partial charge < -0.3 is 14.7 Å². The van der Waals surface area contributed by atoms with E-state index in [1.807, 2.05) is 6.07 Å². The number of nitrogens with zero attached hydrogens (tertiary/aromatic N) is 6. The largest absolute Gasteiger partial charge is 0.359 e. The number of amides is 1. The van der Waals surface area contributed by atoms with Crippen molar-refractivity contribution in [3.05, 3.63) is 29.4 Å². The summed E-state index contributed by atoms with van der Waals surface area (Å²) in [5.74, 6) is 0.778. The Labute approximate surface area is 165 Å². The number of hydrogen-bond donors (Lipinski definition) is 1. The van der Waals surface area contributed by atoms with E-state index in [-0.39, 0.29) is 18.3 Å². The van der Waals surface area contributed by atoms with Crippen LogP contribution in [0.25, 0.3) is 0 Å². The van der Waals surface area contributed by atoms with Gasteiger partial charge in [-0.05, 0) is 5.92 Å². The Balaban J connectivity index is 0.00000261. The Bertz CT molecular complexity index is 724. The van der Waals surface area contributed by atoms with Gasteiger partial charge in [0.2, 0.25) is 0 Å². The van der Waals surface area contributed by atoms with Crippen LogP contribution in [0.3, 0.4) is 0 Å². The maximum absolute atomic E-state index is 12.5. The van der Waals surface area contributed by atoms with Gasteiger partial charge in [0, 0.05) is 45.8 Å². The zero-order valence-electron chi connectivity index (χ0n) is 16.1. The molecule has 27 heavy (non-hydrogen) atoms. The number of carbonyl (C=O) groups is 1. The minimum atomic E-state index is -0.180. The van der Waals surface area contributed by atoms with Crippen LogP contribution in [0.1, 0.15) is 41.7 Å². The molecule has 0 aliphatic carbocycles. The van der Waals surface area contributed by atoms with E-state index in [0.29, 0.717) is 23.9 Å². The molecule has 150 valence electrons. The first-order chi connectivity index (χ1) is 12.5. The standard InChI is InChI=1S/C17H27N7O2.ClH/c1-13(2)15-10-14(26-20-15)11-22(3)17(25)16-12-24(21-19-16)9-8-23-6-4-18-5-7-23;/h10,12-13,18H,4-9,11H2,1-3H3;1H. The average Bonchev–Trinajstić information content (AvgIpc) is 3.30. The summed E-state index contributed by atoms with van der Waals surface area (Å²) in [6.07, 6.45) is 1.71. The molecule has 10 heteroatoms. The van der Waals surface area contributed by atoms with Gasteiger partial charge in [-0.2, -0.15) is 0 Å². The molecule has 3 rings (SSSR count). The fourth-order valence-corrected chi connectivity index (χ4v) is 2.86. The average molecular weight is 398 g/mol. The zero-order chi connectivity index (χ0) is 18.5. The van der Waals surface area contributed by atoms with Crippen LogP contribution in [-0.2, 0) is 13.1 Å². The molecule has 0 aromatic carbocycles. The molecule has 1 N–H and O–H groups in total. The van der Waals surface area contributed by atoms with Crippen molar-refractivity contribution in [2.75, 3.05) is 39.8 Å². The van der Waals surface area contributed by atoms with E-state index in [1.54, 1.807) is 22.8 Å². The Morgan fingerprint density at radius 1 is 1.33 bits per heavy atom. The number of rotatable bonds is 7. The molecule has 3 heterocycles. The highest BCUT2D eigenvalue weighted by atomic mass is 35.5. The molecule has 9 nitrogen and oxygen atoms in total. The molecule has 1 fully saturated rings. The normalized spacial score (nSPS) is 15.0. The molecule has 1 saturated heterocycles. The van der Waals surface area contributed by atoms with E-state index in [2.05, 4.69) is 39.5 Å². The van der Waals surface area contributed by atoms with Gasteiger partial charge in [0.25, 0.3) is 5.91 Å². The minimum absolute atomic E-state index is 0. The summed E-state index contributed by atoms with van der Waals surface area (Å²) >= 11 is 0. The molecular formula is C17H28ClN7O2. The van der Waals surface area contributed by atoms with Crippen molar-refractivity contribution >= 4 is 18.3 Å². The predicted molar refractivity (Wildman–Crippen MR) is 103 cm³/mol. The van der Waals surface area contributed by atoms with Crippen molar-refractivity contribution in [2.45, 2.75) is 32.9 Å². The molecule has 1 amide bonds. The van der Waals surface area contributed by atoms with Crippen LogP contribution >= 0.6 is 12.4 Å². The highest BCUT2D eigenvalue weighted by Gasteiger charge is 2.19. The molecule has 0 unspecified atom stereocenters. The maximum atomic E-state index is 12.5. The lowest BCUT2D eigenvalue weighted by Gasteiger charge is -2.26. The summed E-state index contributed by atoms with van der Waals surface area (Å²) in [5, 5.41) is 15.5. The quantitative estimate of drug-likeness (QED) is 0.744. The van der Waals surface area contributed by atoms with Gasteiger partial charge in [-0.25, -0.2) is 0 Å². The highest BCUT2D eigenvalue weighted by molar-refractivity contribution is 5.91. The second-order valence-electron chi connectivity index (χ2n) is 6.99. The van der Waals surface area contributed by atoms with Crippen molar-refractivity contribution < 1.29 is 9.32 Å². The fraction of sp³-hybridized carbons (Fsp3) is 0.647. The van der Waals surface area contributed by atoms with Crippen LogP contribution in [0.4, 0.5) is 0 Å². The first-order valence-electron chi connectivity index (χ1n) is 9.07. The Hall–Kier alpha value is -1.97. The van der Waals surface area contributed by atoms with Crippen LogP contribution in [0, 0.1) is 0 Å². The SMILES string of the molecule is CC(C)c1cc(CN(C)C(=O)c2cn(CCN3CCNCC3)nn2)on1.Cl. The van der Waals surface area contributed by atoms with E-state index < -0.39 is 0 Å². The molecule has 2 aromatic rings. The third kappa shape index (κ3) is 5.75. The summed E-state index contributed by atoms with van der Waals surface area (Å²) in [4.78, 5) is 16.5. The van der Waals surface area contributed by atoms with Crippen LogP contribution in [-0.4, -0.2) is 75.6 Å². The molecule has 0 bridgehead atoms. The van der Waals surface area contributed by atoms with E-state index in [0.717, 1.165) is 45.0 Å². The van der Waals surface area contributed by atoms with Crippen molar-refractivity contribution in [3.63, 3.8) is 0 Å². The van der Waals surface area contributed by atoms with E-state index >= 15 is 0 Å². The number of hydrogen-bond acceptors (Lipinski definition) is 7. The van der Waals surface area contributed by atoms with Gasteiger partial charge in [0.15, 0.2) is 11.5 Å². The third-order valence-electron chi connectivity index (χ3n) is 4.52. The highest BCUT2D eigenvalue weighted by Crippen LogP contribution is 2.15. The fourth-order valence-electron chi connectivity index (χ4n) is 2.86. The lowest BCUT2D eigenvalue weighted by Crippen LogP contribution is -2.44. The summed E-state index contributed by atoms with van der Waals surface area (Å²) in [5.41, 5.74) is 1.23. The molecule has 0 saturated carbocycles. The van der Waals surface area contributed by atoms with Crippen LogP contribution in [0.5, 0.6) is 0 Å². The third-order valence-corrected chi connectivity index (χ3v) is 4.52. The van der Waals surface area contributed by atoms with Gasteiger partial charge in [-0.1, -0.05) is 24.2 Å². The van der Waals surface area contributed by atoms with E-state index in [9.17, 15) is 4.79 Å². The summed E-state index contributed by atoms with van der Waals surface area (Å²) in [7, 11) is 1.72. The van der Waals surface area contributed by atoms with Crippen molar-refractivity contribution in [3.8, 4) is 0 Å². The van der Waals surface area contributed by atoms with Crippen LogP contribution in [0.15, 0.2) is 16.8 Å². The molecule has 0 atom stereocenters. The monoisotopic (exact) mass is 397 g/mol. The number of nitrogens with one attached hydrogen (secondary N) is 1. The van der Waals surface area contributed by atoms with Crippen LogP contribution in [0.2, 0.25) is 0 Å². The summed E-state index contributed by atoms with van der Waals surface area (Å²) < 4.78 is 7.03. The number of carbonyl (C=O) groups excluding carboxylic acids is 1. The van der Waals surface area contributed by atoms with Gasteiger partial charge >= 0.3 is 0 Å². The predicted octanol–water partition coefficient (Wildman–Crippen LogP) is 0.989. The second-order valence-corrected chi connectivity index (χ2v) is 6.99. The van der Waals surface area contributed by atoms with Crippen LogP contribution < -0.4 is 5.32 Å². The number of piperazine rings is 1. The second kappa shape index (κ2) is 9.82. The van der Waals surface area contributed by atoms with Gasteiger partial charge in [0.1, 0.15) is 0 Å². The topological polar surface area (TPSA) is 92.3 Å². The van der Waals surface area contributed by atoms with Gasteiger partial charge in [-0.15, -0.1) is 17.5 Å². The lowest BCUT2D eigenvalue weighted by molar-refractivity contribution is 0.0766. The zero-order valence-corrected chi connectivity index (χ0v) is 16.9. The van der Waals surface area contributed by atoms with Crippen molar-refractivity contribution in [1.29, 1.82) is 0 Å². The Morgan fingerprint density at radius 2 is 2.07 bits per heavy atom. The smallest absolute Gasteiger partial charge is 0.276 e. The molecule has 0 spiro atoms. The van der Waals surface area contributed by atoms with E-state index in [4.69, 9.17) is 4.52 Å². The summed E-state index contributed by atoms with van der Waals surface area (Å²) in [6, 6.07) is 1.89. The van der Waals surface area contributed by atoms with Gasteiger partial charge in [0.05, 0.1) is 25.0 Å². The number of halogens is 1. The molecule has 1 aliphatic heterocycles. The Morgan fingerprint density at radius 3 is 2.74 bits per heavy atom. The molecule has 0 radical (unpaired) electrons. The van der Waals surface area contributed by atoms with Gasteiger partial charge in [-0.3, -0.25) is 14.4 Å². The van der Waals surface area contributed by atoms with Crippen molar-refractivity contribution in [2.24, 2.45) is 0 Å². The number of aromatic nitrogens is 4. The first-order valence-corrected chi connectivity index (χ1v) is 9.07. The maximum Gasteiger partial charge on any atom is 0.276 e. The molecule has 2 aromatic heterocycles. The lowest BCUT2D eigenvalue weighted by atomic mass is 10.1. The minimum Gasteiger partial charge on any atom is -0.359 e. The molecular weight excluding hydrogens is 370 g/mol. The first kappa shape index (κ1) is 21.3. The van der Waals surface area contributed by atoms with E-state index in [1.165, 1.54) is 0 Å². The van der Waals surface area contributed by atoms with Crippen molar-refractivity contribution in [1.82, 2.24) is 35.3 Å².